The molecule has 0 bridgehead atoms. The predicted molar refractivity (Wildman–Crippen MR) is 50.5 cm³/mol. The Morgan fingerprint density at radius 3 is 2.92 bits per heavy atom. The number of piperidine rings is 1. The molecule has 0 aromatic rings. The molecule has 2 N–H and O–H groups in total. The molecule has 76 valence electrons. The molecule has 1 aliphatic heterocycles. The molecule has 1 unspecified atom stereocenters. The van der Waals surface area contributed by atoms with Crippen LogP contribution in [0, 0.1) is 0 Å². The number of esters is 1. The molecule has 1 atom stereocenters. The monoisotopic (exact) mass is 186 g/mol. The molecule has 13 heavy (non-hydrogen) atoms. The Labute approximate surface area is 79.0 Å². The molecule has 0 aromatic heterocycles. The highest BCUT2D eigenvalue weighted by atomic mass is 16.5. The number of rotatable bonds is 3. The van der Waals surface area contributed by atoms with E-state index >= 15 is 0 Å². The molecule has 0 spiro atoms. The Morgan fingerprint density at radius 2 is 2.46 bits per heavy atom. The van der Waals surface area contributed by atoms with Crippen molar-refractivity contribution in [2.75, 3.05) is 26.7 Å². The maximum Gasteiger partial charge on any atom is 0.327 e. The van der Waals surface area contributed by atoms with E-state index in [1.54, 1.807) is 0 Å². The lowest BCUT2D eigenvalue weighted by Gasteiger charge is -2.35. The van der Waals surface area contributed by atoms with Gasteiger partial charge in [-0.15, -0.1) is 0 Å². The number of carbonyl (C=O) groups excluding carboxylic acids is 1. The average molecular weight is 186 g/mol. The molecule has 1 saturated heterocycles. The summed E-state index contributed by atoms with van der Waals surface area (Å²) in [5.74, 6) is -0.151. The zero-order valence-electron chi connectivity index (χ0n) is 8.35. The number of methoxy groups -OCH3 is 1. The fourth-order valence-corrected chi connectivity index (χ4v) is 1.84. The van der Waals surface area contributed by atoms with Gasteiger partial charge < -0.3 is 15.4 Å². The van der Waals surface area contributed by atoms with Crippen LogP contribution in [0.2, 0.25) is 0 Å². The van der Waals surface area contributed by atoms with Gasteiger partial charge in [0, 0.05) is 6.54 Å². The van der Waals surface area contributed by atoms with Crippen LogP contribution in [0.5, 0.6) is 0 Å². The van der Waals surface area contributed by atoms with E-state index in [4.69, 9.17) is 4.74 Å². The normalized spacial score (nSPS) is 28.5. The van der Waals surface area contributed by atoms with Gasteiger partial charge >= 0.3 is 5.97 Å². The minimum absolute atomic E-state index is 0.151. The van der Waals surface area contributed by atoms with Gasteiger partial charge in [0.05, 0.1) is 7.11 Å². The van der Waals surface area contributed by atoms with Gasteiger partial charge in [0.1, 0.15) is 5.54 Å². The second-order valence-corrected chi connectivity index (χ2v) is 3.38. The fraction of sp³-hybridized carbons (Fsp3) is 0.889. The first-order chi connectivity index (χ1) is 6.25. The second-order valence-electron chi connectivity index (χ2n) is 3.38. The van der Waals surface area contributed by atoms with Crippen LogP contribution in [0.3, 0.4) is 0 Å². The summed E-state index contributed by atoms with van der Waals surface area (Å²) in [5, 5.41) is 6.42. The quantitative estimate of drug-likeness (QED) is 0.604. The van der Waals surface area contributed by atoms with Crippen molar-refractivity contribution in [1.29, 1.82) is 0 Å². The minimum atomic E-state index is -0.484. The van der Waals surface area contributed by atoms with Crippen molar-refractivity contribution < 1.29 is 9.53 Å². The van der Waals surface area contributed by atoms with Gasteiger partial charge in [0.25, 0.3) is 0 Å². The number of hydrogen-bond acceptors (Lipinski definition) is 4. The summed E-state index contributed by atoms with van der Waals surface area (Å²) in [5.41, 5.74) is -0.484. The molecule has 1 rings (SSSR count). The SMILES string of the molecule is CCNC1(C(=O)OC)CCCNC1. The lowest BCUT2D eigenvalue weighted by molar-refractivity contribution is -0.149. The summed E-state index contributed by atoms with van der Waals surface area (Å²) in [6.45, 7) is 4.45. The van der Waals surface area contributed by atoms with Crippen molar-refractivity contribution >= 4 is 5.97 Å². The summed E-state index contributed by atoms with van der Waals surface area (Å²) in [6.07, 6.45) is 1.88. The van der Waals surface area contributed by atoms with Crippen LogP contribution >= 0.6 is 0 Å². The van der Waals surface area contributed by atoms with Gasteiger partial charge in [0.15, 0.2) is 0 Å². The van der Waals surface area contributed by atoms with Crippen molar-refractivity contribution in [3.05, 3.63) is 0 Å². The van der Waals surface area contributed by atoms with E-state index < -0.39 is 5.54 Å². The third-order valence-electron chi connectivity index (χ3n) is 2.48. The summed E-state index contributed by atoms with van der Waals surface area (Å²) in [7, 11) is 1.44. The molecule has 4 heteroatoms. The Hall–Kier alpha value is -0.610. The zero-order valence-corrected chi connectivity index (χ0v) is 8.35. The van der Waals surface area contributed by atoms with Crippen molar-refractivity contribution in [1.82, 2.24) is 10.6 Å². The highest BCUT2D eigenvalue weighted by Gasteiger charge is 2.39. The number of hydrogen-bond donors (Lipinski definition) is 2. The van der Waals surface area contributed by atoms with Gasteiger partial charge in [-0.05, 0) is 25.9 Å². The van der Waals surface area contributed by atoms with Gasteiger partial charge in [-0.25, -0.2) is 0 Å². The van der Waals surface area contributed by atoms with Crippen LogP contribution in [0.25, 0.3) is 0 Å². The van der Waals surface area contributed by atoms with Crippen LogP contribution in [0.15, 0.2) is 0 Å². The zero-order chi connectivity index (χ0) is 9.73. The molecular weight excluding hydrogens is 168 g/mol. The maximum absolute atomic E-state index is 11.6. The van der Waals surface area contributed by atoms with E-state index in [9.17, 15) is 4.79 Å². The van der Waals surface area contributed by atoms with Crippen LogP contribution in [-0.4, -0.2) is 38.3 Å². The van der Waals surface area contributed by atoms with E-state index in [-0.39, 0.29) is 5.97 Å². The molecule has 1 heterocycles. The minimum Gasteiger partial charge on any atom is -0.468 e. The van der Waals surface area contributed by atoms with Crippen molar-refractivity contribution in [2.24, 2.45) is 0 Å². The lowest BCUT2D eigenvalue weighted by atomic mass is 9.90. The Kier molecular flexibility index (Phi) is 3.69. The molecule has 0 aliphatic carbocycles. The van der Waals surface area contributed by atoms with E-state index in [1.807, 2.05) is 6.92 Å². The smallest absolute Gasteiger partial charge is 0.327 e. The molecule has 4 nitrogen and oxygen atoms in total. The average Bonchev–Trinajstić information content (AvgIpc) is 2.18. The topological polar surface area (TPSA) is 50.4 Å². The lowest BCUT2D eigenvalue weighted by Crippen LogP contribution is -2.61. The summed E-state index contributed by atoms with van der Waals surface area (Å²) >= 11 is 0. The highest BCUT2D eigenvalue weighted by molar-refractivity contribution is 5.81. The van der Waals surface area contributed by atoms with Gasteiger partial charge in [-0.1, -0.05) is 6.92 Å². The number of likely N-dealkylation sites (N-methyl/N-ethyl adjacent to an activating group) is 1. The summed E-state index contributed by atoms with van der Waals surface area (Å²) < 4.78 is 4.80. The fourth-order valence-electron chi connectivity index (χ4n) is 1.84. The molecule has 0 amide bonds. The summed E-state index contributed by atoms with van der Waals surface area (Å²) in [6, 6.07) is 0. The molecule has 0 radical (unpaired) electrons. The van der Waals surface area contributed by atoms with E-state index in [0.29, 0.717) is 6.54 Å². The number of nitrogens with one attached hydrogen (secondary N) is 2. The van der Waals surface area contributed by atoms with Gasteiger partial charge in [-0.2, -0.15) is 0 Å². The predicted octanol–water partition coefficient (Wildman–Crippen LogP) is -0.109. The third-order valence-corrected chi connectivity index (χ3v) is 2.48. The first-order valence-electron chi connectivity index (χ1n) is 4.79. The number of carbonyl (C=O) groups is 1. The molecule has 0 aromatic carbocycles. The summed E-state index contributed by atoms with van der Waals surface area (Å²) in [4.78, 5) is 11.6. The van der Waals surface area contributed by atoms with Crippen LogP contribution in [0.4, 0.5) is 0 Å². The maximum atomic E-state index is 11.6. The third kappa shape index (κ3) is 2.19. The first kappa shape index (κ1) is 10.5. The second kappa shape index (κ2) is 4.58. The van der Waals surface area contributed by atoms with Crippen molar-refractivity contribution in [3.63, 3.8) is 0 Å². The Bertz CT molecular complexity index is 171. The molecule has 1 fully saturated rings. The van der Waals surface area contributed by atoms with Gasteiger partial charge in [-0.3, -0.25) is 4.79 Å². The molecular formula is C9H18N2O2. The van der Waals surface area contributed by atoms with Crippen LogP contribution < -0.4 is 10.6 Å². The van der Waals surface area contributed by atoms with E-state index in [2.05, 4.69) is 10.6 Å². The van der Waals surface area contributed by atoms with Crippen LogP contribution in [0.1, 0.15) is 19.8 Å². The highest BCUT2D eigenvalue weighted by Crippen LogP contribution is 2.17. The Balaban J connectivity index is 2.66. The number of ether oxygens (including phenoxy) is 1. The first-order valence-corrected chi connectivity index (χ1v) is 4.79. The molecule has 0 saturated carbocycles. The van der Waals surface area contributed by atoms with Crippen LogP contribution in [-0.2, 0) is 9.53 Å². The Morgan fingerprint density at radius 1 is 1.69 bits per heavy atom. The van der Waals surface area contributed by atoms with Crippen molar-refractivity contribution in [3.8, 4) is 0 Å². The largest absolute Gasteiger partial charge is 0.468 e. The van der Waals surface area contributed by atoms with E-state index in [1.165, 1.54) is 7.11 Å². The molecule has 1 aliphatic rings. The van der Waals surface area contributed by atoms with Crippen molar-refractivity contribution in [2.45, 2.75) is 25.3 Å². The van der Waals surface area contributed by atoms with Gasteiger partial charge in [0.2, 0.25) is 0 Å². The van der Waals surface area contributed by atoms with E-state index in [0.717, 1.165) is 25.9 Å². The standard InChI is InChI=1S/C9H18N2O2/c1-3-11-9(8(12)13-2)5-4-6-10-7-9/h10-11H,3-7H2,1-2H3.